The summed E-state index contributed by atoms with van der Waals surface area (Å²) >= 11 is 3.60. The third kappa shape index (κ3) is 4.71. The highest BCUT2D eigenvalue weighted by Crippen LogP contribution is 2.33. The van der Waals surface area contributed by atoms with Crippen molar-refractivity contribution >= 4 is 15.9 Å². The minimum absolute atomic E-state index is 0.614. The molecule has 22 heavy (non-hydrogen) atoms. The zero-order valence-corrected chi connectivity index (χ0v) is 14.5. The van der Waals surface area contributed by atoms with E-state index >= 15 is 0 Å². The Hall–Kier alpha value is -1.59. The first-order valence-corrected chi connectivity index (χ1v) is 8.22. The Labute approximate surface area is 140 Å². The van der Waals surface area contributed by atoms with Crippen molar-refractivity contribution in [2.75, 3.05) is 13.2 Å². The van der Waals surface area contributed by atoms with E-state index in [-0.39, 0.29) is 0 Å². The minimum atomic E-state index is 0.614. The first kappa shape index (κ1) is 16.8. The summed E-state index contributed by atoms with van der Waals surface area (Å²) in [5.74, 6) is 1.55. The van der Waals surface area contributed by atoms with Gasteiger partial charge < -0.3 is 14.8 Å². The van der Waals surface area contributed by atoms with Crippen LogP contribution in [0.25, 0.3) is 0 Å². The molecular formula is C17H21BrN2O2. The van der Waals surface area contributed by atoms with E-state index in [1.807, 2.05) is 44.2 Å². The molecule has 0 spiro atoms. The molecular weight excluding hydrogens is 344 g/mol. The maximum Gasteiger partial charge on any atom is 0.162 e. The van der Waals surface area contributed by atoms with Gasteiger partial charge in [0.25, 0.3) is 0 Å². The van der Waals surface area contributed by atoms with Gasteiger partial charge in [-0.2, -0.15) is 0 Å². The number of nitrogens with zero attached hydrogens (tertiary/aromatic N) is 1. The Morgan fingerprint density at radius 2 is 1.77 bits per heavy atom. The van der Waals surface area contributed by atoms with Crippen molar-refractivity contribution in [1.29, 1.82) is 0 Å². The van der Waals surface area contributed by atoms with Crippen LogP contribution in [0.3, 0.4) is 0 Å². The highest BCUT2D eigenvalue weighted by atomic mass is 79.9. The molecule has 0 radical (unpaired) electrons. The Morgan fingerprint density at radius 3 is 2.41 bits per heavy atom. The van der Waals surface area contributed by atoms with Crippen LogP contribution in [0.15, 0.2) is 41.0 Å². The van der Waals surface area contributed by atoms with Gasteiger partial charge in [-0.05, 0) is 43.7 Å². The number of pyridine rings is 1. The summed E-state index contributed by atoms with van der Waals surface area (Å²) in [5.41, 5.74) is 2.15. The van der Waals surface area contributed by atoms with Crippen LogP contribution in [-0.4, -0.2) is 18.2 Å². The van der Waals surface area contributed by atoms with Gasteiger partial charge in [0.2, 0.25) is 0 Å². The summed E-state index contributed by atoms with van der Waals surface area (Å²) in [6, 6.07) is 9.90. The fraction of sp³-hybridized carbons (Fsp3) is 0.353. The first-order chi connectivity index (χ1) is 10.7. The second-order valence-corrected chi connectivity index (χ2v) is 5.54. The Kier molecular flexibility index (Phi) is 6.68. The Balaban J connectivity index is 2.05. The molecule has 4 nitrogen and oxygen atoms in total. The Morgan fingerprint density at radius 1 is 1.05 bits per heavy atom. The van der Waals surface area contributed by atoms with Crippen LogP contribution in [0.4, 0.5) is 0 Å². The lowest BCUT2D eigenvalue weighted by molar-refractivity contribution is 0.287. The van der Waals surface area contributed by atoms with Crippen molar-refractivity contribution < 1.29 is 9.47 Å². The van der Waals surface area contributed by atoms with E-state index in [0.717, 1.165) is 40.3 Å². The second-order valence-electron chi connectivity index (χ2n) is 4.68. The molecule has 0 aliphatic heterocycles. The third-order valence-electron chi connectivity index (χ3n) is 3.06. The van der Waals surface area contributed by atoms with Gasteiger partial charge in [0, 0.05) is 23.8 Å². The van der Waals surface area contributed by atoms with Gasteiger partial charge in [0.1, 0.15) is 0 Å². The topological polar surface area (TPSA) is 43.4 Å². The van der Waals surface area contributed by atoms with E-state index in [4.69, 9.17) is 9.47 Å². The molecule has 0 atom stereocenters. The highest BCUT2D eigenvalue weighted by Gasteiger charge is 2.10. The van der Waals surface area contributed by atoms with E-state index in [1.54, 1.807) is 6.20 Å². The molecule has 0 aliphatic carbocycles. The van der Waals surface area contributed by atoms with Crippen molar-refractivity contribution in [1.82, 2.24) is 10.3 Å². The van der Waals surface area contributed by atoms with Crippen LogP contribution in [0.1, 0.15) is 25.1 Å². The summed E-state index contributed by atoms with van der Waals surface area (Å²) in [7, 11) is 0. The van der Waals surface area contributed by atoms with Gasteiger partial charge in [-0.15, -0.1) is 0 Å². The first-order valence-electron chi connectivity index (χ1n) is 7.43. The predicted molar refractivity (Wildman–Crippen MR) is 91.3 cm³/mol. The summed E-state index contributed by atoms with van der Waals surface area (Å²) < 4.78 is 12.3. The van der Waals surface area contributed by atoms with E-state index in [1.165, 1.54) is 0 Å². The van der Waals surface area contributed by atoms with E-state index < -0.39 is 0 Å². The van der Waals surface area contributed by atoms with Gasteiger partial charge in [-0.3, -0.25) is 4.98 Å². The fourth-order valence-electron chi connectivity index (χ4n) is 2.08. The van der Waals surface area contributed by atoms with E-state index in [2.05, 4.69) is 26.2 Å². The largest absolute Gasteiger partial charge is 0.490 e. The zero-order chi connectivity index (χ0) is 15.8. The molecule has 1 aromatic carbocycles. The lowest BCUT2D eigenvalue weighted by Crippen LogP contribution is -2.14. The van der Waals surface area contributed by atoms with Crippen molar-refractivity contribution in [3.63, 3.8) is 0 Å². The molecule has 0 aliphatic rings. The van der Waals surface area contributed by atoms with Crippen molar-refractivity contribution in [2.24, 2.45) is 0 Å². The molecule has 2 aromatic rings. The Bertz CT molecular complexity index is 591. The minimum Gasteiger partial charge on any atom is -0.490 e. The van der Waals surface area contributed by atoms with Crippen LogP contribution in [0, 0.1) is 0 Å². The summed E-state index contributed by atoms with van der Waals surface area (Å²) in [6.45, 7) is 6.61. The lowest BCUT2D eigenvalue weighted by atomic mass is 10.2. The summed E-state index contributed by atoms with van der Waals surface area (Å²) in [5, 5.41) is 3.39. The number of rotatable bonds is 8. The van der Waals surface area contributed by atoms with Crippen molar-refractivity contribution in [3.8, 4) is 11.5 Å². The second kappa shape index (κ2) is 8.76. The number of aromatic nitrogens is 1. The highest BCUT2D eigenvalue weighted by molar-refractivity contribution is 9.10. The maximum absolute atomic E-state index is 5.66. The number of benzene rings is 1. The van der Waals surface area contributed by atoms with Gasteiger partial charge in [-0.25, -0.2) is 0 Å². The van der Waals surface area contributed by atoms with Crippen LogP contribution in [0.5, 0.6) is 11.5 Å². The quantitative estimate of drug-likeness (QED) is 0.770. The lowest BCUT2D eigenvalue weighted by Gasteiger charge is -2.14. The number of nitrogens with one attached hydrogen (secondary N) is 1. The number of ether oxygens (including phenoxy) is 2. The molecule has 1 N–H and O–H groups in total. The van der Waals surface area contributed by atoms with Crippen LogP contribution in [-0.2, 0) is 13.1 Å². The molecule has 5 heteroatoms. The average molecular weight is 365 g/mol. The molecule has 0 saturated heterocycles. The van der Waals surface area contributed by atoms with Crippen molar-refractivity contribution in [2.45, 2.75) is 26.9 Å². The molecule has 0 bridgehead atoms. The summed E-state index contributed by atoms with van der Waals surface area (Å²) in [4.78, 5) is 4.30. The predicted octanol–water partition coefficient (Wildman–Crippen LogP) is 3.93. The van der Waals surface area contributed by atoms with Gasteiger partial charge in [-0.1, -0.05) is 22.0 Å². The molecule has 0 fully saturated rings. The molecule has 2 rings (SSSR count). The molecule has 0 unspecified atom stereocenters. The van der Waals surface area contributed by atoms with Gasteiger partial charge in [0.05, 0.1) is 18.9 Å². The zero-order valence-electron chi connectivity index (χ0n) is 12.9. The third-order valence-corrected chi connectivity index (χ3v) is 3.80. The normalized spacial score (nSPS) is 10.5. The van der Waals surface area contributed by atoms with Crippen LogP contribution in [0.2, 0.25) is 0 Å². The average Bonchev–Trinajstić information content (AvgIpc) is 2.53. The van der Waals surface area contributed by atoms with Crippen LogP contribution >= 0.6 is 15.9 Å². The van der Waals surface area contributed by atoms with Gasteiger partial charge >= 0.3 is 0 Å². The van der Waals surface area contributed by atoms with Gasteiger partial charge in [0.15, 0.2) is 11.5 Å². The van der Waals surface area contributed by atoms with E-state index in [9.17, 15) is 0 Å². The van der Waals surface area contributed by atoms with Crippen LogP contribution < -0.4 is 14.8 Å². The molecule has 0 amide bonds. The number of halogens is 1. The monoisotopic (exact) mass is 364 g/mol. The maximum atomic E-state index is 5.66. The standard InChI is InChI=1S/C17H21BrN2O2/c1-3-21-16-9-13(15(18)10-17(16)22-4-2)11-19-12-14-7-5-6-8-20-14/h5-10,19H,3-4,11-12H2,1-2H3. The van der Waals surface area contributed by atoms with Crippen molar-refractivity contribution in [3.05, 3.63) is 52.3 Å². The molecule has 0 saturated carbocycles. The number of hydrogen-bond acceptors (Lipinski definition) is 4. The molecule has 118 valence electrons. The molecule has 1 heterocycles. The smallest absolute Gasteiger partial charge is 0.162 e. The molecule has 1 aromatic heterocycles. The van der Waals surface area contributed by atoms with E-state index in [0.29, 0.717) is 13.2 Å². The fourth-order valence-corrected chi connectivity index (χ4v) is 2.54. The summed E-state index contributed by atoms with van der Waals surface area (Å²) in [6.07, 6.45) is 1.80. The number of hydrogen-bond donors (Lipinski definition) is 1. The SMILES string of the molecule is CCOc1cc(Br)c(CNCc2ccccn2)cc1OCC.